The van der Waals surface area contributed by atoms with Gasteiger partial charge in [0.1, 0.15) is 5.65 Å². The number of nitrogens with zero attached hydrogens (tertiary/aromatic N) is 3. The zero-order valence-electron chi connectivity index (χ0n) is 13.7. The Bertz CT molecular complexity index is 784. The van der Waals surface area contributed by atoms with Crippen LogP contribution in [-0.2, 0) is 16.6 Å². The summed E-state index contributed by atoms with van der Waals surface area (Å²) >= 11 is 0. The Morgan fingerprint density at radius 1 is 1.35 bits per heavy atom. The zero-order chi connectivity index (χ0) is 16.4. The van der Waals surface area contributed by atoms with Crippen molar-refractivity contribution in [2.75, 3.05) is 19.3 Å². The number of nitrogens with one attached hydrogen (secondary N) is 1. The molecule has 1 aliphatic heterocycles. The van der Waals surface area contributed by atoms with Gasteiger partial charge < -0.3 is 4.40 Å². The number of hydrogen-bond acceptors (Lipinski definition) is 4. The molecule has 23 heavy (non-hydrogen) atoms. The van der Waals surface area contributed by atoms with Gasteiger partial charge in [0.15, 0.2) is 0 Å². The third-order valence-electron chi connectivity index (χ3n) is 4.51. The van der Waals surface area contributed by atoms with Crippen molar-refractivity contribution in [3.8, 4) is 0 Å². The van der Waals surface area contributed by atoms with E-state index in [1.807, 2.05) is 31.3 Å². The Labute approximate surface area is 137 Å². The van der Waals surface area contributed by atoms with Crippen LogP contribution in [0.15, 0.2) is 24.4 Å². The largest absolute Gasteiger partial charge is 0.302 e. The lowest BCUT2D eigenvalue weighted by atomic mass is 10.0. The van der Waals surface area contributed by atoms with Gasteiger partial charge in [0.25, 0.3) is 0 Å². The average molecular weight is 336 g/mol. The zero-order valence-corrected chi connectivity index (χ0v) is 14.5. The molecule has 1 N–H and O–H groups in total. The van der Waals surface area contributed by atoms with E-state index >= 15 is 0 Å². The molecular weight excluding hydrogens is 312 g/mol. The fourth-order valence-electron chi connectivity index (χ4n) is 3.29. The van der Waals surface area contributed by atoms with Crippen LogP contribution in [0.25, 0.3) is 5.65 Å². The average Bonchev–Trinajstić information content (AvgIpc) is 2.82. The van der Waals surface area contributed by atoms with E-state index in [-0.39, 0.29) is 6.04 Å². The number of aryl methyl sites for hydroxylation is 1. The van der Waals surface area contributed by atoms with E-state index in [9.17, 15) is 8.42 Å². The van der Waals surface area contributed by atoms with Crippen molar-refractivity contribution in [1.29, 1.82) is 0 Å². The molecule has 0 aliphatic carbocycles. The van der Waals surface area contributed by atoms with Gasteiger partial charge in [-0.2, -0.15) is 0 Å². The van der Waals surface area contributed by atoms with Gasteiger partial charge in [0.2, 0.25) is 10.0 Å². The number of fused-ring (bicyclic) bond motifs is 1. The number of likely N-dealkylation sites (tertiary alicyclic amines) is 1. The number of aromatic nitrogens is 2. The Balaban J connectivity index is 1.79. The maximum absolute atomic E-state index is 11.4. The summed E-state index contributed by atoms with van der Waals surface area (Å²) in [6.45, 7) is 4.31. The second-order valence-corrected chi connectivity index (χ2v) is 8.15. The van der Waals surface area contributed by atoms with Gasteiger partial charge in [-0.15, -0.1) is 0 Å². The van der Waals surface area contributed by atoms with Crippen molar-refractivity contribution in [2.24, 2.45) is 0 Å². The predicted molar refractivity (Wildman–Crippen MR) is 90.8 cm³/mol. The van der Waals surface area contributed by atoms with E-state index in [4.69, 9.17) is 0 Å². The predicted octanol–water partition coefficient (Wildman–Crippen LogP) is 1.55. The third kappa shape index (κ3) is 3.91. The molecule has 3 rings (SSSR count). The number of pyridine rings is 1. The van der Waals surface area contributed by atoms with Gasteiger partial charge >= 0.3 is 0 Å². The number of hydrogen-bond donors (Lipinski definition) is 1. The maximum Gasteiger partial charge on any atom is 0.208 e. The lowest BCUT2D eigenvalue weighted by Crippen LogP contribution is -2.46. The minimum atomic E-state index is -3.15. The highest BCUT2D eigenvalue weighted by atomic mass is 32.2. The van der Waals surface area contributed by atoms with E-state index in [0.29, 0.717) is 6.54 Å². The van der Waals surface area contributed by atoms with E-state index in [0.717, 1.165) is 43.7 Å². The van der Waals surface area contributed by atoms with E-state index in [1.165, 1.54) is 11.9 Å². The van der Waals surface area contributed by atoms with Crippen LogP contribution < -0.4 is 4.72 Å². The van der Waals surface area contributed by atoms with Crippen molar-refractivity contribution in [2.45, 2.75) is 38.8 Å². The topological polar surface area (TPSA) is 66.7 Å². The molecule has 0 aromatic carbocycles. The summed E-state index contributed by atoms with van der Waals surface area (Å²) in [5.41, 5.74) is 3.19. The van der Waals surface area contributed by atoms with Crippen LogP contribution >= 0.6 is 0 Å². The Kier molecular flexibility index (Phi) is 4.70. The van der Waals surface area contributed by atoms with Crippen molar-refractivity contribution < 1.29 is 8.42 Å². The highest BCUT2D eigenvalue weighted by Gasteiger charge is 2.25. The summed E-state index contributed by atoms with van der Waals surface area (Å²) in [5.74, 6) is 0. The summed E-state index contributed by atoms with van der Waals surface area (Å²) in [7, 11) is -3.15. The van der Waals surface area contributed by atoms with Crippen LogP contribution in [0.1, 0.15) is 30.7 Å². The van der Waals surface area contributed by atoms with Crippen LogP contribution in [0.3, 0.4) is 0 Å². The fraction of sp³-hybridized carbons (Fsp3) is 0.562. The van der Waals surface area contributed by atoms with Crippen molar-refractivity contribution in [3.63, 3.8) is 0 Å². The normalized spacial score (nSPS) is 20.2. The van der Waals surface area contributed by atoms with Crippen LogP contribution in [0.5, 0.6) is 0 Å². The molecule has 1 fully saturated rings. The van der Waals surface area contributed by atoms with Crippen LogP contribution in [-0.4, -0.2) is 48.1 Å². The van der Waals surface area contributed by atoms with Gasteiger partial charge in [0, 0.05) is 25.3 Å². The molecule has 1 atom stereocenters. The van der Waals surface area contributed by atoms with E-state index in [2.05, 4.69) is 19.0 Å². The van der Waals surface area contributed by atoms with Gasteiger partial charge in [-0.3, -0.25) is 4.90 Å². The number of piperidine rings is 1. The lowest BCUT2D eigenvalue weighted by Gasteiger charge is -2.35. The summed E-state index contributed by atoms with van der Waals surface area (Å²) in [4.78, 5) is 6.99. The first-order chi connectivity index (χ1) is 10.9. The highest BCUT2D eigenvalue weighted by molar-refractivity contribution is 7.88. The molecule has 2 aromatic rings. The molecule has 1 aliphatic rings. The third-order valence-corrected chi connectivity index (χ3v) is 5.20. The summed E-state index contributed by atoms with van der Waals surface area (Å²) in [5, 5.41) is 0. The first-order valence-electron chi connectivity index (χ1n) is 8.05. The number of rotatable bonds is 5. The van der Waals surface area contributed by atoms with Crippen LogP contribution in [0, 0.1) is 6.92 Å². The maximum atomic E-state index is 11.4. The molecule has 3 heterocycles. The molecule has 0 spiro atoms. The summed E-state index contributed by atoms with van der Waals surface area (Å²) < 4.78 is 27.6. The molecule has 126 valence electrons. The summed E-state index contributed by atoms with van der Waals surface area (Å²) in [6, 6.07) is 6.25. The van der Waals surface area contributed by atoms with Crippen LogP contribution in [0.4, 0.5) is 0 Å². The van der Waals surface area contributed by atoms with E-state index in [1.54, 1.807) is 0 Å². The minimum absolute atomic E-state index is 0.243. The SMILES string of the molecule is Cc1nc2ccccn2c1CN1CCCCC1CNS(C)(=O)=O. The Morgan fingerprint density at radius 3 is 2.96 bits per heavy atom. The lowest BCUT2D eigenvalue weighted by molar-refractivity contribution is 0.139. The number of imidazole rings is 1. The molecule has 6 nitrogen and oxygen atoms in total. The molecular formula is C16H24N4O2S. The van der Waals surface area contributed by atoms with Gasteiger partial charge in [-0.25, -0.2) is 18.1 Å². The standard InChI is InChI=1S/C16H24N4O2S/c1-13-15(20-10-6-4-8-16(20)18-13)12-19-9-5-3-7-14(19)11-17-23(2,21)22/h4,6,8,10,14,17H,3,5,7,9,11-12H2,1-2H3. The Morgan fingerprint density at radius 2 is 2.17 bits per heavy atom. The minimum Gasteiger partial charge on any atom is -0.302 e. The molecule has 7 heteroatoms. The van der Waals surface area contributed by atoms with Gasteiger partial charge in [0.05, 0.1) is 17.6 Å². The summed E-state index contributed by atoms with van der Waals surface area (Å²) in [6.07, 6.45) is 6.59. The second kappa shape index (κ2) is 6.59. The first kappa shape index (κ1) is 16.4. The fourth-order valence-corrected chi connectivity index (χ4v) is 3.79. The van der Waals surface area contributed by atoms with Gasteiger partial charge in [-0.1, -0.05) is 12.5 Å². The Hall–Kier alpha value is -1.44. The van der Waals surface area contributed by atoms with E-state index < -0.39 is 10.0 Å². The molecule has 0 radical (unpaired) electrons. The van der Waals surface area contributed by atoms with Crippen LogP contribution in [0.2, 0.25) is 0 Å². The second-order valence-electron chi connectivity index (χ2n) is 6.31. The monoisotopic (exact) mass is 336 g/mol. The quantitative estimate of drug-likeness (QED) is 0.899. The first-order valence-corrected chi connectivity index (χ1v) is 9.94. The van der Waals surface area contributed by atoms with Crippen molar-refractivity contribution >= 4 is 15.7 Å². The van der Waals surface area contributed by atoms with Crippen molar-refractivity contribution in [1.82, 2.24) is 19.0 Å². The molecule has 1 saturated heterocycles. The molecule has 1 unspecified atom stereocenters. The molecule has 0 amide bonds. The van der Waals surface area contributed by atoms with Crippen molar-refractivity contribution in [3.05, 3.63) is 35.8 Å². The number of sulfonamides is 1. The molecule has 0 saturated carbocycles. The van der Waals surface area contributed by atoms with Gasteiger partial charge in [-0.05, 0) is 38.4 Å². The molecule has 2 aromatic heterocycles. The molecule has 0 bridgehead atoms. The smallest absolute Gasteiger partial charge is 0.208 e. The highest BCUT2D eigenvalue weighted by Crippen LogP contribution is 2.21.